The molecule has 1 aromatic carbocycles. The van der Waals surface area contributed by atoms with Crippen LogP contribution in [0.5, 0.6) is 0 Å². The molecule has 8 heteroatoms. The molecule has 1 unspecified atom stereocenters. The maximum absolute atomic E-state index is 12.0. The molecular formula is C14H18ClN4O3+. The van der Waals surface area contributed by atoms with Crippen LogP contribution < -0.4 is 15.5 Å². The Hall–Kier alpha value is -2.12. The Balaban J connectivity index is 1.82. The molecule has 22 heavy (non-hydrogen) atoms. The number of hydrogen-bond donors (Lipinski definition) is 3. The summed E-state index contributed by atoms with van der Waals surface area (Å²) in [5, 5.41) is 5.72. The van der Waals surface area contributed by atoms with Crippen LogP contribution in [0.25, 0.3) is 0 Å². The summed E-state index contributed by atoms with van der Waals surface area (Å²) in [6, 6.07) is 6.56. The number of carbonyl (C=O) groups excluding carboxylic acids is 3. The monoisotopic (exact) mass is 325 g/mol. The van der Waals surface area contributed by atoms with Gasteiger partial charge in [0.15, 0.2) is 13.1 Å². The lowest BCUT2D eigenvalue weighted by atomic mass is 10.3. The summed E-state index contributed by atoms with van der Waals surface area (Å²) in [6.45, 7) is 1.02. The van der Waals surface area contributed by atoms with Gasteiger partial charge in [0.25, 0.3) is 11.8 Å². The lowest BCUT2D eigenvalue weighted by molar-refractivity contribution is -0.862. The molecule has 1 aliphatic heterocycles. The molecular weight excluding hydrogens is 308 g/mol. The van der Waals surface area contributed by atoms with E-state index in [4.69, 9.17) is 11.6 Å². The fourth-order valence-electron chi connectivity index (χ4n) is 2.16. The van der Waals surface area contributed by atoms with Crippen LogP contribution in [-0.2, 0) is 9.59 Å². The Bertz CT molecular complexity index is 593. The third kappa shape index (κ3) is 4.19. The number of amides is 4. The van der Waals surface area contributed by atoms with Gasteiger partial charge in [-0.2, -0.15) is 0 Å². The van der Waals surface area contributed by atoms with Crippen molar-refractivity contribution in [1.82, 2.24) is 10.2 Å². The van der Waals surface area contributed by atoms with Gasteiger partial charge in [0, 0.05) is 13.1 Å². The second-order valence-electron chi connectivity index (χ2n) is 5.12. The highest BCUT2D eigenvalue weighted by molar-refractivity contribution is 6.33. The molecule has 0 saturated carbocycles. The highest BCUT2D eigenvalue weighted by Gasteiger charge is 2.28. The number of urea groups is 1. The molecule has 3 N–H and O–H groups in total. The molecule has 0 spiro atoms. The molecule has 1 aliphatic rings. The molecule has 1 fully saturated rings. The molecule has 1 saturated heterocycles. The van der Waals surface area contributed by atoms with Crippen LogP contribution in [0.1, 0.15) is 0 Å². The van der Waals surface area contributed by atoms with Crippen LogP contribution in [0.3, 0.4) is 0 Å². The van der Waals surface area contributed by atoms with Gasteiger partial charge in [-0.05, 0) is 12.1 Å². The van der Waals surface area contributed by atoms with E-state index in [-0.39, 0.29) is 30.9 Å². The minimum absolute atomic E-state index is 0.0728. The van der Waals surface area contributed by atoms with Crippen LogP contribution in [0.4, 0.5) is 10.5 Å². The van der Waals surface area contributed by atoms with Crippen LogP contribution in [0, 0.1) is 0 Å². The topological polar surface area (TPSA) is 82.9 Å². The minimum Gasteiger partial charge on any atom is -0.336 e. The average molecular weight is 326 g/mol. The van der Waals surface area contributed by atoms with Gasteiger partial charge in [-0.1, -0.05) is 23.7 Å². The summed E-state index contributed by atoms with van der Waals surface area (Å²) in [5.41, 5.74) is 0.534. The van der Waals surface area contributed by atoms with E-state index in [9.17, 15) is 14.4 Å². The molecule has 0 radical (unpaired) electrons. The van der Waals surface area contributed by atoms with Gasteiger partial charge in [-0.15, -0.1) is 0 Å². The molecule has 1 heterocycles. The SMILES string of the molecule is C[NH+](CC(=O)Nc1ccccc1Cl)CC(=O)N1CCNC1=O. The second kappa shape index (κ2) is 7.24. The lowest BCUT2D eigenvalue weighted by Crippen LogP contribution is -3.11. The molecule has 0 aliphatic carbocycles. The number of hydrogen-bond acceptors (Lipinski definition) is 3. The third-order valence-corrected chi connectivity index (χ3v) is 3.55. The number of rotatable bonds is 5. The van der Waals surface area contributed by atoms with Crippen LogP contribution >= 0.6 is 11.6 Å². The minimum atomic E-state index is -0.377. The Morgan fingerprint density at radius 2 is 2.09 bits per heavy atom. The third-order valence-electron chi connectivity index (χ3n) is 3.22. The van der Waals surface area contributed by atoms with Crippen LogP contribution in [0.15, 0.2) is 24.3 Å². The Labute approximate surface area is 133 Å². The predicted octanol–water partition coefficient (Wildman–Crippen LogP) is -0.655. The first-order valence-corrected chi connectivity index (χ1v) is 7.29. The van der Waals surface area contributed by atoms with Gasteiger partial charge in [0.1, 0.15) is 0 Å². The number of nitrogens with one attached hydrogen (secondary N) is 3. The van der Waals surface area contributed by atoms with Crippen molar-refractivity contribution in [2.75, 3.05) is 38.5 Å². The van der Waals surface area contributed by atoms with E-state index >= 15 is 0 Å². The van der Waals surface area contributed by atoms with E-state index in [0.717, 1.165) is 4.90 Å². The number of para-hydroxylation sites is 1. The van der Waals surface area contributed by atoms with E-state index in [1.165, 1.54) is 0 Å². The van der Waals surface area contributed by atoms with E-state index in [0.29, 0.717) is 28.7 Å². The first-order chi connectivity index (χ1) is 10.5. The van der Waals surface area contributed by atoms with Gasteiger partial charge in [0.05, 0.1) is 17.8 Å². The van der Waals surface area contributed by atoms with E-state index in [2.05, 4.69) is 10.6 Å². The molecule has 7 nitrogen and oxygen atoms in total. The van der Waals surface area contributed by atoms with E-state index in [1.807, 2.05) is 0 Å². The summed E-state index contributed by atoms with van der Waals surface area (Å²) in [5.74, 6) is -0.540. The van der Waals surface area contributed by atoms with Crippen molar-refractivity contribution in [1.29, 1.82) is 0 Å². The molecule has 4 amide bonds. The van der Waals surface area contributed by atoms with Crippen LogP contribution in [0.2, 0.25) is 5.02 Å². The largest absolute Gasteiger partial charge is 0.336 e. The Morgan fingerprint density at radius 1 is 1.36 bits per heavy atom. The summed E-state index contributed by atoms with van der Waals surface area (Å²) in [4.78, 5) is 37.1. The molecule has 0 aromatic heterocycles. The van der Waals surface area contributed by atoms with Crippen molar-refractivity contribution < 1.29 is 19.3 Å². The number of likely N-dealkylation sites (N-methyl/N-ethyl adjacent to an activating group) is 1. The summed E-state index contributed by atoms with van der Waals surface area (Å²) in [6.07, 6.45) is 0. The quantitative estimate of drug-likeness (QED) is 0.672. The van der Waals surface area contributed by atoms with Crippen molar-refractivity contribution in [2.45, 2.75) is 0 Å². The number of nitrogens with zero attached hydrogens (tertiary/aromatic N) is 1. The second-order valence-corrected chi connectivity index (χ2v) is 5.52. The number of imide groups is 1. The maximum Gasteiger partial charge on any atom is 0.324 e. The van der Waals surface area contributed by atoms with E-state index < -0.39 is 0 Å². The standard InChI is InChI=1S/C14H17ClN4O3/c1-18(9-13(21)19-7-6-16-14(19)22)8-12(20)17-11-5-3-2-4-10(11)15/h2-5H,6-9H2,1H3,(H,16,22)(H,17,20)/p+1. The van der Waals surface area contributed by atoms with Crippen molar-refractivity contribution >= 4 is 35.1 Å². The van der Waals surface area contributed by atoms with Crippen LogP contribution in [-0.4, -0.2) is 56.0 Å². The number of benzene rings is 1. The Morgan fingerprint density at radius 3 is 2.73 bits per heavy atom. The molecule has 118 valence electrons. The first kappa shape index (κ1) is 16.3. The van der Waals surface area contributed by atoms with E-state index in [1.54, 1.807) is 31.3 Å². The highest BCUT2D eigenvalue weighted by Crippen LogP contribution is 2.19. The zero-order valence-corrected chi connectivity index (χ0v) is 12.9. The summed E-state index contributed by atoms with van der Waals surface area (Å²) >= 11 is 5.96. The lowest BCUT2D eigenvalue weighted by Gasteiger charge is -2.17. The zero-order valence-electron chi connectivity index (χ0n) is 12.2. The van der Waals surface area contributed by atoms with Gasteiger partial charge in [-0.3, -0.25) is 14.5 Å². The molecule has 1 aromatic rings. The molecule has 2 rings (SSSR count). The van der Waals surface area contributed by atoms with Crippen molar-refractivity contribution in [3.8, 4) is 0 Å². The van der Waals surface area contributed by atoms with Gasteiger partial charge >= 0.3 is 6.03 Å². The number of anilines is 1. The van der Waals surface area contributed by atoms with Crippen molar-refractivity contribution in [2.24, 2.45) is 0 Å². The molecule has 0 bridgehead atoms. The zero-order chi connectivity index (χ0) is 16.1. The fourth-order valence-corrected chi connectivity index (χ4v) is 2.34. The van der Waals surface area contributed by atoms with Gasteiger partial charge in [0.2, 0.25) is 0 Å². The van der Waals surface area contributed by atoms with Gasteiger partial charge < -0.3 is 15.5 Å². The smallest absolute Gasteiger partial charge is 0.324 e. The highest BCUT2D eigenvalue weighted by atomic mass is 35.5. The molecule has 1 atom stereocenters. The van der Waals surface area contributed by atoms with Gasteiger partial charge in [-0.25, -0.2) is 4.79 Å². The summed E-state index contributed by atoms with van der Waals surface area (Å²) in [7, 11) is 1.72. The van der Waals surface area contributed by atoms with Crippen molar-refractivity contribution in [3.05, 3.63) is 29.3 Å². The first-order valence-electron chi connectivity index (χ1n) is 6.91. The average Bonchev–Trinajstić information content (AvgIpc) is 2.87. The fraction of sp³-hybridized carbons (Fsp3) is 0.357. The number of quaternary nitrogens is 1. The predicted molar refractivity (Wildman–Crippen MR) is 81.8 cm³/mol. The van der Waals surface area contributed by atoms with Crippen molar-refractivity contribution in [3.63, 3.8) is 0 Å². The summed E-state index contributed by atoms with van der Waals surface area (Å²) < 4.78 is 0. The Kier molecular flexibility index (Phi) is 5.35. The normalized spacial score (nSPS) is 15.4. The maximum atomic E-state index is 12.0. The number of carbonyl (C=O) groups is 3. The number of halogens is 1.